The summed E-state index contributed by atoms with van der Waals surface area (Å²) in [7, 11) is 0. The predicted molar refractivity (Wildman–Crippen MR) is 87.9 cm³/mol. The second-order valence-electron chi connectivity index (χ2n) is 6.88. The summed E-state index contributed by atoms with van der Waals surface area (Å²) in [6.07, 6.45) is 0.837. The molecule has 0 radical (unpaired) electrons. The van der Waals surface area contributed by atoms with Crippen molar-refractivity contribution in [2.24, 2.45) is 0 Å². The van der Waals surface area contributed by atoms with Gasteiger partial charge in [-0.25, -0.2) is 8.78 Å². The van der Waals surface area contributed by atoms with Crippen LogP contribution in [0.4, 0.5) is 8.78 Å². The molecule has 2 aliphatic heterocycles. The number of nitrogens with zero attached hydrogens (tertiary/aromatic N) is 1. The maximum Gasteiger partial charge on any atom is 0.317 e. The molecule has 1 aromatic rings. The van der Waals surface area contributed by atoms with Crippen LogP contribution in [0.25, 0.3) is 0 Å². The molecule has 0 aromatic heterocycles. The Morgan fingerprint density at radius 2 is 1.85 bits per heavy atom. The first kappa shape index (κ1) is 18.4. The van der Waals surface area contributed by atoms with Gasteiger partial charge in [0.25, 0.3) is 5.92 Å². The highest BCUT2D eigenvalue weighted by molar-refractivity contribution is 6.00. The van der Waals surface area contributed by atoms with Gasteiger partial charge in [0.2, 0.25) is 11.8 Å². The van der Waals surface area contributed by atoms with E-state index in [0.717, 1.165) is 0 Å². The largest absolute Gasteiger partial charge is 0.480 e. The molecule has 0 spiro atoms. The Morgan fingerprint density at radius 3 is 2.42 bits per heavy atom. The van der Waals surface area contributed by atoms with Crippen molar-refractivity contribution in [1.29, 1.82) is 0 Å². The second kappa shape index (κ2) is 7.11. The molecule has 2 fully saturated rings. The number of carboxylic acid groups (broad SMARTS) is 1. The lowest BCUT2D eigenvalue weighted by Crippen LogP contribution is -2.48. The molecule has 8 heteroatoms. The molecule has 0 bridgehead atoms. The van der Waals surface area contributed by atoms with Gasteiger partial charge >= 0.3 is 5.97 Å². The molecule has 2 unspecified atom stereocenters. The standard InChI is InChI=1S/C18H20F2N2O4/c19-18(20)10-22(9-16(24)25)8-7-14(18)12-3-1-11(2-4-12)13-5-6-15(23)21-17(13)26/h1-4,13-14H,5-10H2,(H,24,25)(H,21,23,26). The van der Waals surface area contributed by atoms with E-state index in [1.165, 1.54) is 4.90 Å². The molecule has 2 saturated heterocycles. The molecule has 2 N–H and O–H groups in total. The first-order valence-corrected chi connectivity index (χ1v) is 8.52. The van der Waals surface area contributed by atoms with E-state index in [2.05, 4.69) is 5.32 Å². The summed E-state index contributed by atoms with van der Waals surface area (Å²) in [4.78, 5) is 35.1. The second-order valence-corrected chi connectivity index (χ2v) is 6.88. The molecule has 1 aromatic carbocycles. The van der Waals surface area contributed by atoms with E-state index in [4.69, 9.17) is 5.11 Å². The first-order chi connectivity index (χ1) is 12.3. The monoisotopic (exact) mass is 366 g/mol. The molecule has 2 atom stereocenters. The van der Waals surface area contributed by atoms with Gasteiger partial charge in [-0.05, 0) is 30.5 Å². The molecular weight excluding hydrogens is 346 g/mol. The molecule has 26 heavy (non-hydrogen) atoms. The van der Waals surface area contributed by atoms with Crippen molar-refractivity contribution in [3.8, 4) is 0 Å². The summed E-state index contributed by atoms with van der Waals surface area (Å²) in [5.41, 5.74) is 1.17. The lowest BCUT2D eigenvalue weighted by atomic mass is 9.84. The molecule has 0 saturated carbocycles. The number of alkyl halides is 2. The fourth-order valence-corrected chi connectivity index (χ4v) is 3.72. The topological polar surface area (TPSA) is 86.7 Å². The number of hydrogen-bond donors (Lipinski definition) is 2. The average molecular weight is 366 g/mol. The number of nitrogens with one attached hydrogen (secondary N) is 1. The third kappa shape index (κ3) is 3.90. The van der Waals surface area contributed by atoms with E-state index in [1.54, 1.807) is 24.3 Å². The third-order valence-corrected chi connectivity index (χ3v) is 5.02. The quantitative estimate of drug-likeness (QED) is 0.793. The van der Waals surface area contributed by atoms with Crippen LogP contribution in [-0.2, 0) is 14.4 Å². The lowest BCUT2D eigenvalue weighted by molar-refractivity contribution is -0.142. The summed E-state index contributed by atoms with van der Waals surface area (Å²) in [5.74, 6) is -6.23. The number of carbonyl (C=O) groups is 3. The minimum Gasteiger partial charge on any atom is -0.480 e. The first-order valence-electron chi connectivity index (χ1n) is 8.52. The molecule has 2 aliphatic rings. The van der Waals surface area contributed by atoms with E-state index in [0.29, 0.717) is 24.1 Å². The van der Waals surface area contributed by atoms with Crippen LogP contribution < -0.4 is 5.32 Å². The van der Waals surface area contributed by atoms with Crippen LogP contribution in [0.1, 0.15) is 42.2 Å². The van der Waals surface area contributed by atoms with Crippen LogP contribution in [0.3, 0.4) is 0 Å². The number of amides is 2. The summed E-state index contributed by atoms with van der Waals surface area (Å²) in [6, 6.07) is 6.53. The molecule has 140 valence electrons. The van der Waals surface area contributed by atoms with Crippen molar-refractivity contribution in [1.82, 2.24) is 10.2 Å². The fourth-order valence-electron chi connectivity index (χ4n) is 3.72. The highest BCUT2D eigenvalue weighted by atomic mass is 19.3. The van der Waals surface area contributed by atoms with Gasteiger partial charge < -0.3 is 5.11 Å². The SMILES string of the molecule is O=C(O)CN1CCC(c2ccc(C3CCC(=O)NC3=O)cc2)C(F)(F)C1. The van der Waals surface area contributed by atoms with Gasteiger partial charge in [-0.2, -0.15) is 0 Å². The van der Waals surface area contributed by atoms with E-state index in [1.807, 2.05) is 0 Å². The van der Waals surface area contributed by atoms with E-state index in [9.17, 15) is 23.2 Å². The van der Waals surface area contributed by atoms with E-state index in [-0.39, 0.29) is 24.7 Å². The Bertz CT molecular complexity index is 720. The Kier molecular flexibility index (Phi) is 5.04. The summed E-state index contributed by atoms with van der Waals surface area (Å²) < 4.78 is 29.0. The van der Waals surface area contributed by atoms with E-state index >= 15 is 0 Å². The smallest absolute Gasteiger partial charge is 0.317 e. The van der Waals surface area contributed by atoms with Crippen molar-refractivity contribution in [3.63, 3.8) is 0 Å². The van der Waals surface area contributed by atoms with Crippen LogP contribution in [0.15, 0.2) is 24.3 Å². The summed E-state index contributed by atoms with van der Waals surface area (Å²) in [6.45, 7) is -0.683. The van der Waals surface area contributed by atoms with Crippen LogP contribution in [0.2, 0.25) is 0 Å². The van der Waals surface area contributed by atoms with Gasteiger partial charge in [-0.3, -0.25) is 24.6 Å². The summed E-state index contributed by atoms with van der Waals surface area (Å²) in [5, 5.41) is 11.1. The summed E-state index contributed by atoms with van der Waals surface area (Å²) >= 11 is 0. The van der Waals surface area contributed by atoms with E-state index < -0.39 is 36.8 Å². The maximum absolute atomic E-state index is 14.5. The fraction of sp³-hybridized carbons (Fsp3) is 0.500. The predicted octanol–water partition coefficient (Wildman–Crippen LogP) is 1.72. The number of rotatable bonds is 4. The molecule has 6 nitrogen and oxygen atoms in total. The maximum atomic E-state index is 14.5. The number of piperidine rings is 2. The highest BCUT2D eigenvalue weighted by Crippen LogP contribution is 2.40. The minimum absolute atomic E-state index is 0.165. The zero-order chi connectivity index (χ0) is 18.9. The number of hydrogen-bond acceptors (Lipinski definition) is 4. The molecular formula is C18H20F2N2O4. The van der Waals surface area contributed by atoms with Crippen LogP contribution in [0.5, 0.6) is 0 Å². The van der Waals surface area contributed by atoms with Crippen LogP contribution in [-0.4, -0.2) is 53.3 Å². The van der Waals surface area contributed by atoms with Crippen molar-refractivity contribution < 1.29 is 28.3 Å². The number of carbonyl (C=O) groups excluding carboxylic acids is 2. The normalized spacial score (nSPS) is 26.4. The Labute approximate surface area is 149 Å². The zero-order valence-electron chi connectivity index (χ0n) is 14.1. The Morgan fingerprint density at radius 1 is 1.19 bits per heavy atom. The van der Waals surface area contributed by atoms with Crippen molar-refractivity contribution in [2.45, 2.75) is 37.0 Å². The molecule has 2 amide bonds. The Balaban J connectivity index is 1.71. The number of imide groups is 1. The van der Waals surface area contributed by atoms with Crippen LogP contribution in [0, 0.1) is 0 Å². The average Bonchev–Trinajstić information content (AvgIpc) is 2.54. The van der Waals surface area contributed by atoms with Gasteiger partial charge in [0.05, 0.1) is 24.9 Å². The van der Waals surface area contributed by atoms with Gasteiger partial charge in [-0.15, -0.1) is 0 Å². The highest BCUT2D eigenvalue weighted by Gasteiger charge is 2.45. The minimum atomic E-state index is -3.02. The molecule has 3 rings (SSSR count). The Hall–Kier alpha value is -2.35. The zero-order valence-corrected chi connectivity index (χ0v) is 14.1. The number of halogens is 2. The van der Waals surface area contributed by atoms with Crippen molar-refractivity contribution in [2.75, 3.05) is 19.6 Å². The van der Waals surface area contributed by atoms with Gasteiger partial charge in [0, 0.05) is 6.42 Å². The van der Waals surface area contributed by atoms with Gasteiger partial charge in [0.1, 0.15) is 0 Å². The van der Waals surface area contributed by atoms with Gasteiger partial charge in [0.15, 0.2) is 0 Å². The van der Waals surface area contributed by atoms with Crippen LogP contribution >= 0.6 is 0 Å². The lowest BCUT2D eigenvalue weighted by Gasteiger charge is -2.38. The van der Waals surface area contributed by atoms with Crippen molar-refractivity contribution >= 4 is 17.8 Å². The van der Waals surface area contributed by atoms with Gasteiger partial charge in [-0.1, -0.05) is 24.3 Å². The third-order valence-electron chi connectivity index (χ3n) is 5.02. The molecule has 2 heterocycles. The number of aliphatic carboxylic acids is 1. The molecule has 0 aliphatic carbocycles. The number of carboxylic acids is 1. The number of likely N-dealkylation sites (tertiary alicyclic amines) is 1. The number of benzene rings is 1. The van der Waals surface area contributed by atoms with Crippen molar-refractivity contribution in [3.05, 3.63) is 35.4 Å².